The Morgan fingerprint density at radius 2 is 1.59 bits per heavy atom. The highest BCUT2D eigenvalue weighted by atomic mass is 19.4. The van der Waals surface area contributed by atoms with Gasteiger partial charge in [0.25, 0.3) is 5.91 Å². The fourth-order valence-electron chi connectivity index (χ4n) is 4.33. The minimum absolute atomic E-state index is 0.0232. The Bertz CT molecular complexity index is 1500. The fraction of sp³-hybridized carbons (Fsp3) is 0.179. The molecule has 0 saturated carbocycles. The zero-order valence-electron chi connectivity index (χ0n) is 21.3. The number of carbonyl (C=O) groups excluding carboxylic acids is 1. The number of nitrogens with zero attached hydrogens (tertiary/aromatic N) is 4. The number of ether oxygens (including phenoxy) is 2. The molecule has 0 atom stereocenters. The van der Waals surface area contributed by atoms with Crippen molar-refractivity contribution in [3.8, 4) is 11.5 Å². The quantitative estimate of drug-likeness (QED) is 0.316. The Morgan fingerprint density at radius 3 is 2.23 bits per heavy atom. The highest BCUT2D eigenvalue weighted by Crippen LogP contribution is 2.40. The average molecular weight is 536 g/mol. The van der Waals surface area contributed by atoms with Crippen molar-refractivity contribution in [2.45, 2.75) is 12.7 Å². The van der Waals surface area contributed by atoms with E-state index in [0.29, 0.717) is 45.5 Å². The lowest BCUT2D eigenvalue weighted by Gasteiger charge is -2.24. The molecule has 2 heterocycles. The SMILES string of the molecule is COc1cc(Nc2ncc3c(n2)N(C)c2ccccc2C(=O)N3Cc2ccc(C(F)(F)F)cc2)cc(OC)c1. The van der Waals surface area contributed by atoms with Crippen molar-refractivity contribution in [3.05, 3.63) is 89.6 Å². The van der Waals surface area contributed by atoms with Gasteiger partial charge in [-0.3, -0.25) is 9.69 Å². The number of fused-ring (bicyclic) bond motifs is 2. The second-order valence-corrected chi connectivity index (χ2v) is 8.79. The lowest BCUT2D eigenvalue weighted by molar-refractivity contribution is -0.137. The van der Waals surface area contributed by atoms with Crippen molar-refractivity contribution in [2.75, 3.05) is 36.4 Å². The van der Waals surface area contributed by atoms with E-state index in [1.165, 1.54) is 23.2 Å². The molecular formula is C28H24F3N5O3. The van der Waals surface area contributed by atoms with E-state index in [4.69, 9.17) is 14.5 Å². The zero-order valence-corrected chi connectivity index (χ0v) is 21.3. The zero-order chi connectivity index (χ0) is 27.7. The number of hydrogen-bond donors (Lipinski definition) is 1. The second-order valence-electron chi connectivity index (χ2n) is 8.79. The van der Waals surface area contributed by atoms with Crippen molar-refractivity contribution in [1.82, 2.24) is 9.97 Å². The maximum atomic E-state index is 13.7. The van der Waals surface area contributed by atoms with Gasteiger partial charge in [-0.15, -0.1) is 0 Å². The van der Waals surface area contributed by atoms with Gasteiger partial charge in [-0.2, -0.15) is 18.2 Å². The molecule has 0 unspecified atom stereocenters. The molecule has 11 heteroatoms. The molecule has 200 valence electrons. The van der Waals surface area contributed by atoms with E-state index in [2.05, 4.69) is 10.3 Å². The van der Waals surface area contributed by atoms with Crippen LogP contribution in [-0.4, -0.2) is 37.1 Å². The van der Waals surface area contributed by atoms with Crippen molar-refractivity contribution in [3.63, 3.8) is 0 Å². The number of benzene rings is 3. The van der Waals surface area contributed by atoms with Crippen molar-refractivity contribution in [1.29, 1.82) is 0 Å². The number of amides is 1. The summed E-state index contributed by atoms with van der Waals surface area (Å²) in [6.45, 7) is 0.0232. The first kappa shape index (κ1) is 25.8. The summed E-state index contributed by atoms with van der Waals surface area (Å²) in [5.41, 5.74) is 1.86. The van der Waals surface area contributed by atoms with Gasteiger partial charge in [0.2, 0.25) is 5.95 Å². The van der Waals surface area contributed by atoms with Crippen molar-refractivity contribution in [2.24, 2.45) is 0 Å². The summed E-state index contributed by atoms with van der Waals surface area (Å²) in [6, 6.07) is 17.1. The Balaban J connectivity index is 1.55. The van der Waals surface area contributed by atoms with Crippen LogP contribution < -0.4 is 24.6 Å². The van der Waals surface area contributed by atoms with Crippen LogP contribution in [0, 0.1) is 0 Å². The third-order valence-corrected chi connectivity index (χ3v) is 6.33. The fourth-order valence-corrected chi connectivity index (χ4v) is 4.33. The highest BCUT2D eigenvalue weighted by Gasteiger charge is 2.32. The molecule has 1 aliphatic heterocycles. The van der Waals surface area contributed by atoms with Crippen LogP contribution in [0.2, 0.25) is 0 Å². The number of carbonyl (C=O) groups is 1. The van der Waals surface area contributed by atoms with Crippen LogP contribution in [0.4, 0.5) is 42.0 Å². The van der Waals surface area contributed by atoms with Crippen LogP contribution in [0.15, 0.2) is 72.9 Å². The molecule has 0 radical (unpaired) electrons. The van der Waals surface area contributed by atoms with Gasteiger partial charge in [0.05, 0.1) is 43.8 Å². The van der Waals surface area contributed by atoms with E-state index in [-0.39, 0.29) is 18.4 Å². The molecule has 1 N–H and O–H groups in total. The monoisotopic (exact) mass is 535 g/mol. The number of rotatable bonds is 6. The van der Waals surface area contributed by atoms with E-state index in [0.717, 1.165) is 12.1 Å². The standard InChI is InChI=1S/C28H24F3N5O3/c1-35-23-7-5-4-6-22(23)26(37)36(16-17-8-10-18(11-9-17)28(29,30)31)24-15-32-27(34-25(24)35)33-19-12-20(38-2)14-21(13-19)39-3/h4-15H,16H2,1-3H3,(H,32,33,34). The van der Waals surface area contributed by atoms with Gasteiger partial charge < -0.3 is 19.7 Å². The minimum atomic E-state index is -4.45. The van der Waals surface area contributed by atoms with Crippen LogP contribution in [0.1, 0.15) is 21.5 Å². The Morgan fingerprint density at radius 1 is 0.923 bits per heavy atom. The van der Waals surface area contributed by atoms with Crippen LogP contribution in [0.25, 0.3) is 0 Å². The number of aromatic nitrogens is 2. The number of methoxy groups -OCH3 is 2. The lowest BCUT2D eigenvalue weighted by Crippen LogP contribution is -2.30. The average Bonchev–Trinajstić information content (AvgIpc) is 3.02. The summed E-state index contributed by atoms with van der Waals surface area (Å²) in [4.78, 5) is 26.1. The molecule has 8 nitrogen and oxygen atoms in total. The Hall–Kier alpha value is -4.80. The predicted octanol–water partition coefficient (Wildman–Crippen LogP) is 6.18. The topological polar surface area (TPSA) is 79.8 Å². The van der Waals surface area contributed by atoms with E-state index >= 15 is 0 Å². The molecule has 39 heavy (non-hydrogen) atoms. The summed E-state index contributed by atoms with van der Waals surface area (Å²) in [5, 5.41) is 3.15. The molecule has 1 aromatic heterocycles. The first-order valence-electron chi connectivity index (χ1n) is 11.9. The summed E-state index contributed by atoms with van der Waals surface area (Å²) < 4.78 is 49.9. The summed E-state index contributed by atoms with van der Waals surface area (Å²) in [7, 11) is 4.89. The van der Waals surface area contributed by atoms with Gasteiger partial charge in [0.1, 0.15) is 17.2 Å². The molecule has 0 aliphatic carbocycles. The normalized spacial score (nSPS) is 12.9. The lowest BCUT2D eigenvalue weighted by atomic mass is 10.1. The molecular weight excluding hydrogens is 511 g/mol. The number of anilines is 5. The molecule has 0 spiro atoms. The first-order chi connectivity index (χ1) is 18.7. The molecule has 3 aromatic carbocycles. The number of nitrogens with one attached hydrogen (secondary N) is 1. The van der Waals surface area contributed by atoms with Gasteiger partial charge in [-0.25, -0.2) is 4.98 Å². The van der Waals surface area contributed by atoms with Crippen LogP contribution in [-0.2, 0) is 12.7 Å². The number of alkyl halides is 3. The Labute approximate surface area is 222 Å². The third-order valence-electron chi connectivity index (χ3n) is 6.33. The van der Waals surface area contributed by atoms with Gasteiger partial charge in [-0.1, -0.05) is 24.3 Å². The largest absolute Gasteiger partial charge is 0.497 e. The van der Waals surface area contributed by atoms with Crippen LogP contribution in [0.5, 0.6) is 11.5 Å². The maximum absolute atomic E-state index is 13.7. The van der Waals surface area contributed by atoms with Crippen LogP contribution in [0.3, 0.4) is 0 Å². The van der Waals surface area contributed by atoms with Crippen molar-refractivity contribution < 1.29 is 27.4 Å². The van der Waals surface area contributed by atoms with E-state index in [1.807, 2.05) is 6.07 Å². The van der Waals surface area contributed by atoms with Gasteiger partial charge in [0.15, 0.2) is 5.82 Å². The molecule has 4 aromatic rings. The molecule has 0 saturated heterocycles. The van der Waals surface area contributed by atoms with Crippen molar-refractivity contribution >= 4 is 34.7 Å². The van der Waals surface area contributed by atoms with E-state index in [1.54, 1.807) is 62.6 Å². The van der Waals surface area contributed by atoms with Gasteiger partial charge in [-0.05, 0) is 29.8 Å². The molecule has 1 amide bonds. The second kappa shape index (κ2) is 10.2. The first-order valence-corrected chi connectivity index (χ1v) is 11.9. The number of hydrogen-bond acceptors (Lipinski definition) is 7. The number of halogens is 3. The summed E-state index contributed by atoms with van der Waals surface area (Å²) in [5.74, 6) is 1.53. The molecule has 1 aliphatic rings. The summed E-state index contributed by atoms with van der Waals surface area (Å²) >= 11 is 0. The number of para-hydroxylation sites is 1. The molecule has 0 fully saturated rings. The third kappa shape index (κ3) is 5.15. The maximum Gasteiger partial charge on any atom is 0.416 e. The molecule has 0 bridgehead atoms. The molecule has 5 rings (SSSR count). The van der Waals surface area contributed by atoms with Gasteiger partial charge >= 0.3 is 6.18 Å². The smallest absolute Gasteiger partial charge is 0.416 e. The highest BCUT2D eigenvalue weighted by molar-refractivity contribution is 6.13. The summed E-state index contributed by atoms with van der Waals surface area (Å²) in [6.07, 6.45) is -2.93. The Kier molecular flexibility index (Phi) is 6.73. The minimum Gasteiger partial charge on any atom is -0.497 e. The van der Waals surface area contributed by atoms with Crippen LogP contribution >= 0.6 is 0 Å². The predicted molar refractivity (Wildman–Crippen MR) is 141 cm³/mol. The van der Waals surface area contributed by atoms with Gasteiger partial charge in [0, 0.05) is 30.9 Å². The van der Waals surface area contributed by atoms with E-state index < -0.39 is 11.7 Å². The van der Waals surface area contributed by atoms with E-state index in [9.17, 15) is 18.0 Å².